The van der Waals surface area contributed by atoms with Gasteiger partial charge in [-0.05, 0) is 11.8 Å². The zero-order valence-corrected chi connectivity index (χ0v) is 11.6. The van der Waals surface area contributed by atoms with Crippen LogP contribution in [0.3, 0.4) is 0 Å². The summed E-state index contributed by atoms with van der Waals surface area (Å²) >= 11 is 5.91. The third-order valence-electron chi connectivity index (χ3n) is 1.53. The standard InChI is InChI=1S/C7H13O6PS2/c1-11-7(10)5(4-6(8)9)16-14(15,12-2)13-3/h5H,4H2,1-3H3,(H,8,9)/t5-/m0/s1. The Bertz CT molecular complexity index is 299. The highest BCUT2D eigenvalue weighted by Gasteiger charge is 2.31. The maximum Gasteiger partial charge on any atom is 0.319 e. The fourth-order valence-corrected chi connectivity index (χ4v) is 4.67. The van der Waals surface area contributed by atoms with Crippen LogP contribution in [0.4, 0.5) is 0 Å². The number of rotatable bonds is 7. The third kappa shape index (κ3) is 5.27. The highest BCUT2D eigenvalue weighted by Crippen LogP contribution is 2.62. The molecule has 0 rings (SSSR count). The van der Waals surface area contributed by atoms with E-state index < -0.39 is 22.9 Å². The Morgan fingerprint density at radius 2 is 1.88 bits per heavy atom. The van der Waals surface area contributed by atoms with Gasteiger partial charge < -0.3 is 18.9 Å². The predicted octanol–water partition coefficient (Wildman–Crippen LogP) is 1.25. The summed E-state index contributed by atoms with van der Waals surface area (Å²) in [5.41, 5.74) is -2.67. The van der Waals surface area contributed by atoms with E-state index in [1.54, 1.807) is 0 Å². The first-order valence-corrected chi connectivity index (χ1v) is 8.20. The lowest BCUT2D eigenvalue weighted by Gasteiger charge is -2.20. The van der Waals surface area contributed by atoms with E-state index in [4.69, 9.17) is 26.0 Å². The average Bonchev–Trinajstić information content (AvgIpc) is 2.26. The van der Waals surface area contributed by atoms with E-state index in [9.17, 15) is 9.59 Å². The number of carbonyl (C=O) groups is 2. The van der Waals surface area contributed by atoms with Crippen molar-refractivity contribution in [2.24, 2.45) is 0 Å². The molecule has 0 aromatic heterocycles. The minimum Gasteiger partial charge on any atom is -0.481 e. The van der Waals surface area contributed by atoms with Crippen LogP contribution in [0.15, 0.2) is 0 Å². The summed E-state index contributed by atoms with van der Waals surface area (Å²) in [5.74, 6) is -1.77. The summed E-state index contributed by atoms with van der Waals surface area (Å²) in [6.07, 6.45) is -0.386. The Morgan fingerprint density at radius 3 is 2.19 bits per heavy atom. The Kier molecular flexibility index (Phi) is 7.17. The van der Waals surface area contributed by atoms with Crippen molar-refractivity contribution >= 4 is 40.8 Å². The molecular weight excluding hydrogens is 275 g/mol. The van der Waals surface area contributed by atoms with E-state index in [-0.39, 0.29) is 6.42 Å². The molecule has 0 unspecified atom stereocenters. The Labute approximate surface area is 103 Å². The van der Waals surface area contributed by atoms with Crippen molar-refractivity contribution in [3.05, 3.63) is 0 Å². The molecule has 6 nitrogen and oxygen atoms in total. The lowest BCUT2D eigenvalue weighted by atomic mass is 10.3. The molecule has 0 saturated carbocycles. The minimum atomic E-state index is -2.67. The molecule has 9 heteroatoms. The molecule has 0 amide bonds. The van der Waals surface area contributed by atoms with Gasteiger partial charge in [0.15, 0.2) is 0 Å². The first kappa shape index (κ1) is 15.9. The van der Waals surface area contributed by atoms with Gasteiger partial charge in [-0.15, -0.1) is 0 Å². The molecule has 0 aromatic carbocycles. The topological polar surface area (TPSA) is 82.1 Å². The van der Waals surface area contributed by atoms with E-state index in [1.807, 2.05) is 0 Å². The molecular formula is C7H13O6PS2. The summed E-state index contributed by atoms with van der Waals surface area (Å²) in [4.78, 5) is 21.9. The second-order valence-electron chi connectivity index (χ2n) is 2.53. The molecule has 0 fully saturated rings. The lowest BCUT2D eigenvalue weighted by Crippen LogP contribution is -2.22. The van der Waals surface area contributed by atoms with Crippen LogP contribution in [-0.2, 0) is 35.2 Å². The number of esters is 1. The number of carboxylic acid groups (broad SMARTS) is 1. The van der Waals surface area contributed by atoms with E-state index in [0.717, 1.165) is 11.4 Å². The van der Waals surface area contributed by atoms with Crippen LogP contribution in [0.2, 0.25) is 0 Å². The lowest BCUT2D eigenvalue weighted by molar-refractivity contribution is -0.144. The number of hydrogen-bond acceptors (Lipinski definition) is 7. The molecule has 0 aliphatic rings. The molecule has 1 N–H and O–H groups in total. The molecule has 1 atom stereocenters. The molecule has 94 valence electrons. The highest BCUT2D eigenvalue weighted by atomic mass is 32.9. The first-order valence-electron chi connectivity index (χ1n) is 4.08. The molecule has 0 aromatic rings. The van der Waals surface area contributed by atoms with Crippen LogP contribution in [0, 0.1) is 0 Å². The van der Waals surface area contributed by atoms with Gasteiger partial charge >= 0.3 is 11.9 Å². The van der Waals surface area contributed by atoms with Crippen molar-refractivity contribution in [2.45, 2.75) is 11.7 Å². The van der Waals surface area contributed by atoms with Crippen LogP contribution in [0.1, 0.15) is 6.42 Å². The van der Waals surface area contributed by atoms with Gasteiger partial charge in [-0.25, -0.2) is 0 Å². The van der Waals surface area contributed by atoms with Gasteiger partial charge in [-0.1, -0.05) is 11.4 Å². The summed E-state index contributed by atoms with van der Waals surface area (Å²) < 4.78 is 14.4. The van der Waals surface area contributed by atoms with Crippen molar-refractivity contribution in [3.8, 4) is 0 Å². The molecule has 16 heavy (non-hydrogen) atoms. The monoisotopic (exact) mass is 288 g/mol. The summed E-state index contributed by atoms with van der Waals surface area (Å²) in [6, 6.07) is 0. The minimum absolute atomic E-state index is 0.386. The number of carbonyl (C=O) groups excluding carboxylic acids is 1. The average molecular weight is 288 g/mol. The smallest absolute Gasteiger partial charge is 0.319 e. The summed E-state index contributed by atoms with van der Waals surface area (Å²) in [6.45, 7) is 0. The van der Waals surface area contributed by atoms with Crippen LogP contribution < -0.4 is 0 Å². The van der Waals surface area contributed by atoms with Crippen LogP contribution in [0.5, 0.6) is 0 Å². The van der Waals surface area contributed by atoms with E-state index in [0.29, 0.717) is 0 Å². The molecule has 0 aliphatic carbocycles. The molecule has 0 bridgehead atoms. The predicted molar refractivity (Wildman–Crippen MR) is 64.0 cm³/mol. The normalized spacial score (nSPS) is 13.2. The second-order valence-corrected chi connectivity index (χ2v) is 9.14. The molecule has 0 saturated heterocycles. The zero-order chi connectivity index (χ0) is 12.8. The van der Waals surface area contributed by atoms with E-state index in [2.05, 4.69) is 4.74 Å². The number of hydrogen-bond donors (Lipinski definition) is 1. The van der Waals surface area contributed by atoms with Gasteiger partial charge in [0, 0.05) is 14.2 Å². The molecule has 0 heterocycles. The molecule has 0 aliphatic heterocycles. The SMILES string of the molecule is COC(=O)[C@H](CC(=O)O)SP(=S)(OC)OC. The van der Waals surface area contributed by atoms with Crippen molar-refractivity contribution in [3.63, 3.8) is 0 Å². The van der Waals surface area contributed by atoms with Gasteiger partial charge in [0.25, 0.3) is 0 Å². The van der Waals surface area contributed by atoms with Crippen LogP contribution in [-0.4, -0.2) is 43.6 Å². The maximum absolute atomic E-state index is 11.3. The van der Waals surface area contributed by atoms with E-state index in [1.165, 1.54) is 21.3 Å². The van der Waals surface area contributed by atoms with Gasteiger partial charge in [0.1, 0.15) is 5.25 Å². The van der Waals surface area contributed by atoms with Crippen molar-refractivity contribution in [1.82, 2.24) is 0 Å². The Morgan fingerprint density at radius 1 is 1.38 bits per heavy atom. The van der Waals surface area contributed by atoms with Gasteiger partial charge in [0.05, 0.1) is 13.5 Å². The van der Waals surface area contributed by atoms with Gasteiger partial charge in [0.2, 0.25) is 5.69 Å². The second kappa shape index (κ2) is 7.24. The van der Waals surface area contributed by atoms with Crippen LogP contribution >= 0.6 is 17.1 Å². The first-order chi connectivity index (χ1) is 7.38. The largest absolute Gasteiger partial charge is 0.481 e. The Balaban J connectivity index is 4.72. The quantitative estimate of drug-likeness (QED) is 0.553. The van der Waals surface area contributed by atoms with Gasteiger partial charge in [-0.2, -0.15) is 0 Å². The molecule has 0 spiro atoms. The highest BCUT2D eigenvalue weighted by molar-refractivity contribution is 8.68. The fraction of sp³-hybridized carbons (Fsp3) is 0.714. The Hall–Kier alpha value is -0.140. The summed E-state index contributed by atoms with van der Waals surface area (Å²) in [7, 11) is 3.89. The maximum atomic E-state index is 11.3. The van der Waals surface area contributed by atoms with Crippen molar-refractivity contribution in [2.75, 3.05) is 21.3 Å². The number of carboxylic acids is 1. The van der Waals surface area contributed by atoms with E-state index >= 15 is 0 Å². The fourth-order valence-electron chi connectivity index (χ4n) is 0.770. The summed E-state index contributed by atoms with van der Waals surface area (Å²) in [5, 5.41) is 7.72. The number of aliphatic carboxylic acids is 1. The van der Waals surface area contributed by atoms with Crippen molar-refractivity contribution in [1.29, 1.82) is 0 Å². The molecule has 0 radical (unpaired) electrons. The zero-order valence-electron chi connectivity index (χ0n) is 9.04. The van der Waals surface area contributed by atoms with Gasteiger partial charge in [-0.3, -0.25) is 9.59 Å². The van der Waals surface area contributed by atoms with Crippen molar-refractivity contribution < 1.29 is 28.5 Å². The third-order valence-corrected chi connectivity index (χ3v) is 7.40. The number of ether oxygens (including phenoxy) is 1. The number of methoxy groups -OCH3 is 1. The van der Waals surface area contributed by atoms with Crippen LogP contribution in [0.25, 0.3) is 0 Å².